The number of hydrogen-bond donors (Lipinski definition) is 0. The topological polar surface area (TPSA) is 59.5 Å². The van der Waals surface area contributed by atoms with Crippen LogP contribution in [0.4, 0.5) is 11.4 Å². The third-order valence-electron chi connectivity index (χ3n) is 4.82. The van der Waals surface area contributed by atoms with E-state index in [9.17, 15) is 15.1 Å². The number of ketones is 2. The van der Waals surface area contributed by atoms with E-state index in [1.807, 2.05) is 36.4 Å². The fourth-order valence-corrected chi connectivity index (χ4v) is 3.17. The van der Waals surface area contributed by atoms with Crippen LogP contribution in [0.25, 0.3) is 5.53 Å². The highest BCUT2D eigenvalue weighted by molar-refractivity contribution is 6.09. The summed E-state index contributed by atoms with van der Waals surface area (Å²) < 4.78 is 1.02. The van der Waals surface area contributed by atoms with Gasteiger partial charge in [0.15, 0.2) is 22.9 Å². The molecule has 0 heterocycles. The third-order valence-corrected chi connectivity index (χ3v) is 4.82. The summed E-state index contributed by atoms with van der Waals surface area (Å²) in [6, 6.07) is 31.5. The molecule has 4 nitrogen and oxygen atoms in total. The second kappa shape index (κ2) is 8.45. The van der Waals surface area contributed by atoms with Gasteiger partial charge in [0.25, 0.3) is 0 Å². The van der Waals surface area contributed by atoms with Crippen molar-refractivity contribution < 1.29 is 9.59 Å². The highest BCUT2D eigenvalue weighted by Gasteiger charge is 2.13. The van der Waals surface area contributed by atoms with Gasteiger partial charge in [-0.15, -0.1) is 0 Å². The Labute approximate surface area is 174 Å². The Balaban J connectivity index is 1.50. The van der Waals surface area contributed by atoms with Crippen molar-refractivity contribution in [3.8, 4) is 0 Å². The maximum absolute atomic E-state index is 12.5. The number of carbonyl (C=O) groups is 2. The average molecular weight is 390 g/mol. The second-order valence-electron chi connectivity index (χ2n) is 6.80. The Morgan fingerprint density at radius 3 is 1.10 bits per heavy atom. The zero-order chi connectivity index (χ0) is 20.9. The van der Waals surface area contributed by atoms with Crippen molar-refractivity contribution in [3.05, 3.63) is 137 Å². The maximum atomic E-state index is 12.5. The van der Waals surface area contributed by atoms with Crippen molar-refractivity contribution in [2.45, 2.75) is 0 Å². The van der Waals surface area contributed by atoms with E-state index in [2.05, 4.69) is 0 Å². The van der Waals surface area contributed by atoms with E-state index >= 15 is 0 Å². The molecule has 0 amide bonds. The Morgan fingerprint density at radius 1 is 0.467 bits per heavy atom. The van der Waals surface area contributed by atoms with Gasteiger partial charge in [0.1, 0.15) is 0 Å². The van der Waals surface area contributed by atoms with Crippen LogP contribution >= 0.6 is 0 Å². The Kier molecular flexibility index (Phi) is 5.39. The van der Waals surface area contributed by atoms with Gasteiger partial charge in [-0.3, -0.25) is 9.59 Å². The third kappa shape index (κ3) is 3.98. The highest BCUT2D eigenvalue weighted by atomic mass is 16.1. The molecule has 4 aromatic rings. The molecule has 30 heavy (non-hydrogen) atoms. The minimum Gasteiger partial charge on any atom is -0.493 e. The number of nitrogens with zero attached hydrogens (tertiary/aromatic N) is 2. The van der Waals surface area contributed by atoms with Gasteiger partial charge in [-0.25, -0.2) is 4.70 Å². The largest absolute Gasteiger partial charge is 0.493 e. The lowest BCUT2D eigenvalue weighted by atomic mass is 10.0. The van der Waals surface area contributed by atoms with Crippen LogP contribution < -0.4 is 4.70 Å². The van der Waals surface area contributed by atoms with E-state index < -0.39 is 0 Å². The molecular formula is C26H18N2O2. The van der Waals surface area contributed by atoms with E-state index in [1.165, 1.54) is 0 Å². The maximum Gasteiger partial charge on any atom is 0.199 e. The van der Waals surface area contributed by atoms with Gasteiger partial charge in [-0.1, -0.05) is 60.7 Å². The molecule has 0 fully saturated rings. The molecule has 4 aromatic carbocycles. The molecular weight excluding hydrogens is 372 g/mol. The van der Waals surface area contributed by atoms with Crippen LogP contribution in [0.15, 0.2) is 109 Å². The molecule has 0 aliphatic rings. The molecule has 4 rings (SSSR count). The molecule has 0 radical (unpaired) electrons. The summed E-state index contributed by atoms with van der Waals surface area (Å²) in [5, 5.41) is 0. The summed E-state index contributed by atoms with van der Waals surface area (Å²) in [6.07, 6.45) is 0. The molecule has 0 saturated heterocycles. The molecule has 0 bridgehead atoms. The van der Waals surface area contributed by atoms with Crippen LogP contribution in [0.2, 0.25) is 0 Å². The summed E-state index contributed by atoms with van der Waals surface area (Å²) in [6.45, 7) is 0. The van der Waals surface area contributed by atoms with Gasteiger partial charge in [0.05, 0.1) is 0 Å². The standard InChI is InChI=1S/C26H18N2O2/c27-28(23-15-11-21(12-16-23)25(29)19-7-3-1-4-8-19)24-17-13-22(14-18-24)26(30)20-9-5-2-6-10-20/h1-18H. The van der Waals surface area contributed by atoms with E-state index in [0.29, 0.717) is 33.6 Å². The van der Waals surface area contributed by atoms with E-state index in [1.54, 1.807) is 72.8 Å². The smallest absolute Gasteiger partial charge is 0.199 e. The molecule has 0 atom stereocenters. The van der Waals surface area contributed by atoms with Crippen LogP contribution in [0, 0.1) is 0 Å². The van der Waals surface area contributed by atoms with E-state index in [4.69, 9.17) is 0 Å². The van der Waals surface area contributed by atoms with Gasteiger partial charge < -0.3 is 5.53 Å². The summed E-state index contributed by atoms with van der Waals surface area (Å²) >= 11 is 0. The van der Waals surface area contributed by atoms with Crippen molar-refractivity contribution in [1.29, 1.82) is 0 Å². The highest BCUT2D eigenvalue weighted by Crippen LogP contribution is 2.23. The van der Waals surface area contributed by atoms with Crippen molar-refractivity contribution in [1.82, 2.24) is 4.70 Å². The average Bonchev–Trinajstić information content (AvgIpc) is 2.84. The van der Waals surface area contributed by atoms with Crippen molar-refractivity contribution in [3.63, 3.8) is 0 Å². The first-order valence-electron chi connectivity index (χ1n) is 9.52. The molecule has 0 aromatic heterocycles. The lowest BCUT2D eigenvalue weighted by Crippen LogP contribution is -2.03. The van der Waals surface area contributed by atoms with Crippen molar-refractivity contribution in [2.75, 3.05) is 0 Å². The summed E-state index contributed by atoms with van der Waals surface area (Å²) in [4.78, 5) is 25.0. The first kappa shape index (κ1) is 19.2. The van der Waals surface area contributed by atoms with E-state index in [-0.39, 0.29) is 11.6 Å². The van der Waals surface area contributed by atoms with Crippen LogP contribution in [0.5, 0.6) is 0 Å². The van der Waals surface area contributed by atoms with Crippen LogP contribution in [0.3, 0.4) is 0 Å². The molecule has 0 aliphatic heterocycles. The van der Waals surface area contributed by atoms with Gasteiger partial charge >= 0.3 is 0 Å². The SMILES string of the molecule is [N-]=[N+](c1ccc(C(=O)c2ccccc2)cc1)c1ccc(C(=O)c2ccccc2)cc1. The van der Waals surface area contributed by atoms with Gasteiger partial charge in [0, 0.05) is 46.5 Å². The first-order chi connectivity index (χ1) is 14.6. The van der Waals surface area contributed by atoms with Crippen LogP contribution in [-0.2, 0) is 0 Å². The van der Waals surface area contributed by atoms with Gasteiger partial charge in [-0.05, 0) is 24.3 Å². The number of benzene rings is 4. The number of carbonyl (C=O) groups excluding carboxylic acids is 2. The number of rotatable bonds is 6. The normalized spacial score (nSPS) is 10.4. The lowest BCUT2D eigenvalue weighted by molar-refractivity contribution is 0.103. The minimum absolute atomic E-state index is 0.0737. The summed E-state index contributed by atoms with van der Waals surface area (Å²) in [5.41, 5.74) is 13.9. The second-order valence-corrected chi connectivity index (χ2v) is 6.80. The van der Waals surface area contributed by atoms with Crippen LogP contribution in [-0.4, -0.2) is 11.6 Å². The summed E-state index contributed by atoms with van der Waals surface area (Å²) in [5.74, 6) is -0.147. The van der Waals surface area contributed by atoms with Gasteiger partial charge in [-0.2, -0.15) is 0 Å². The predicted molar refractivity (Wildman–Crippen MR) is 117 cm³/mol. The molecule has 144 valence electrons. The Morgan fingerprint density at radius 2 is 0.767 bits per heavy atom. The van der Waals surface area contributed by atoms with Crippen molar-refractivity contribution >= 4 is 22.9 Å². The predicted octanol–water partition coefficient (Wildman–Crippen LogP) is 6.00. The van der Waals surface area contributed by atoms with Crippen molar-refractivity contribution in [2.24, 2.45) is 0 Å². The fourth-order valence-electron chi connectivity index (χ4n) is 3.17. The molecule has 0 N–H and O–H groups in total. The molecule has 0 saturated carbocycles. The van der Waals surface area contributed by atoms with Gasteiger partial charge in [0.2, 0.25) is 0 Å². The quantitative estimate of drug-likeness (QED) is 0.230. The van der Waals surface area contributed by atoms with E-state index in [0.717, 1.165) is 4.70 Å². The molecule has 0 unspecified atom stereocenters. The van der Waals surface area contributed by atoms with Crippen LogP contribution in [0.1, 0.15) is 31.8 Å². The zero-order valence-corrected chi connectivity index (χ0v) is 16.1. The fraction of sp³-hybridized carbons (Fsp3) is 0. The molecule has 0 spiro atoms. The molecule has 4 heteroatoms. The summed E-state index contributed by atoms with van der Waals surface area (Å²) in [7, 11) is 0. The monoisotopic (exact) mass is 390 g/mol. The minimum atomic E-state index is -0.0737. The Hall–Kier alpha value is -4.18. The lowest BCUT2D eigenvalue weighted by Gasteiger charge is -2.08. The Bertz CT molecular complexity index is 1100. The number of hydrogen-bond acceptors (Lipinski definition) is 2. The molecule has 0 aliphatic carbocycles. The zero-order valence-electron chi connectivity index (χ0n) is 16.1. The first-order valence-corrected chi connectivity index (χ1v) is 9.52.